The molecule has 0 atom stereocenters. The van der Waals surface area contributed by atoms with E-state index in [0.29, 0.717) is 28.0 Å². The molecule has 0 aliphatic heterocycles. The Morgan fingerprint density at radius 1 is 1.11 bits per heavy atom. The van der Waals surface area contributed by atoms with Crippen molar-refractivity contribution < 1.29 is 0 Å². The Labute approximate surface area is 169 Å². The molecule has 0 spiro atoms. The predicted octanol–water partition coefficient (Wildman–Crippen LogP) is 5.43. The minimum absolute atomic E-state index is 0.554. The Morgan fingerprint density at radius 3 is 2.82 bits per heavy atom. The fourth-order valence-electron chi connectivity index (χ4n) is 3.39. The lowest BCUT2D eigenvalue weighted by Crippen LogP contribution is -2.10. The second-order valence-electron chi connectivity index (χ2n) is 6.99. The minimum atomic E-state index is 0.554. The Morgan fingerprint density at radius 2 is 2.00 bits per heavy atom. The second-order valence-corrected chi connectivity index (χ2v) is 7.43. The Kier molecular flexibility index (Phi) is 5.67. The first-order valence-corrected chi connectivity index (χ1v) is 10.0. The van der Waals surface area contributed by atoms with Gasteiger partial charge in [0.25, 0.3) is 0 Å². The summed E-state index contributed by atoms with van der Waals surface area (Å²) < 4.78 is 0. The van der Waals surface area contributed by atoms with E-state index in [2.05, 4.69) is 36.6 Å². The lowest BCUT2D eigenvalue weighted by atomic mass is 9.97. The smallest absolute Gasteiger partial charge is 0.226 e. The summed E-state index contributed by atoms with van der Waals surface area (Å²) in [5, 5.41) is 7.40. The Bertz CT molecular complexity index is 1020. The third kappa shape index (κ3) is 4.39. The molecule has 2 heterocycles. The van der Waals surface area contributed by atoms with E-state index in [0.717, 1.165) is 24.2 Å². The van der Waals surface area contributed by atoms with Crippen LogP contribution in [0.1, 0.15) is 37.7 Å². The van der Waals surface area contributed by atoms with Crippen molar-refractivity contribution in [2.45, 2.75) is 39.0 Å². The molecular formula is C21H23ClN6. The zero-order chi connectivity index (χ0) is 19.3. The molecule has 1 aliphatic carbocycles. The third-order valence-corrected chi connectivity index (χ3v) is 5.12. The fourth-order valence-corrected chi connectivity index (χ4v) is 3.62. The molecule has 2 N–H and O–H groups in total. The largest absolute Gasteiger partial charge is 0.354 e. The summed E-state index contributed by atoms with van der Waals surface area (Å²) >= 11 is 6.07. The number of aromatic nitrogens is 4. The third-order valence-electron chi connectivity index (χ3n) is 4.89. The summed E-state index contributed by atoms with van der Waals surface area (Å²) in [7, 11) is 0. The van der Waals surface area contributed by atoms with E-state index in [1.165, 1.54) is 31.3 Å². The highest BCUT2D eigenvalue weighted by Crippen LogP contribution is 2.26. The normalized spacial score (nSPS) is 14.0. The van der Waals surface area contributed by atoms with Gasteiger partial charge < -0.3 is 10.6 Å². The van der Waals surface area contributed by atoms with Gasteiger partial charge in [0.2, 0.25) is 5.95 Å². The van der Waals surface area contributed by atoms with E-state index in [4.69, 9.17) is 11.6 Å². The first-order chi connectivity index (χ1) is 13.7. The maximum absolute atomic E-state index is 6.07. The molecule has 7 heteroatoms. The van der Waals surface area contributed by atoms with Crippen LogP contribution in [-0.4, -0.2) is 26.5 Å². The molecule has 0 unspecified atom stereocenters. The van der Waals surface area contributed by atoms with Crippen molar-refractivity contribution in [2.75, 3.05) is 17.2 Å². The summed E-state index contributed by atoms with van der Waals surface area (Å²) in [6.45, 7) is 2.80. The molecule has 144 valence electrons. The highest BCUT2D eigenvalue weighted by atomic mass is 35.5. The van der Waals surface area contributed by atoms with Gasteiger partial charge in [-0.2, -0.15) is 9.97 Å². The highest BCUT2D eigenvalue weighted by Gasteiger charge is 2.12. The number of hydrogen-bond donors (Lipinski definition) is 2. The number of rotatable bonds is 6. The molecule has 0 radical (unpaired) electrons. The van der Waals surface area contributed by atoms with Gasteiger partial charge >= 0.3 is 0 Å². The maximum Gasteiger partial charge on any atom is 0.226 e. The average molecular weight is 395 g/mol. The standard InChI is InChI=1S/C21H23ClN6/c1-14-13-16(22)7-8-17(14)26-20-18-19(24-12-11-23-18)27-21(28-20)25-10-9-15-5-3-2-4-6-15/h5,7-8,11-13H,2-4,6,9-10H2,1H3,(H2,24,25,26,27,28). The van der Waals surface area contributed by atoms with Crippen molar-refractivity contribution in [2.24, 2.45) is 0 Å². The van der Waals surface area contributed by atoms with E-state index in [-0.39, 0.29) is 0 Å². The zero-order valence-corrected chi connectivity index (χ0v) is 16.6. The molecule has 6 nitrogen and oxygen atoms in total. The lowest BCUT2D eigenvalue weighted by Gasteiger charge is -2.14. The number of benzene rings is 1. The minimum Gasteiger partial charge on any atom is -0.354 e. The first kappa shape index (κ1) is 18.6. The van der Waals surface area contributed by atoms with Crippen LogP contribution in [0, 0.1) is 6.92 Å². The summed E-state index contributed by atoms with van der Waals surface area (Å²) in [5.41, 5.74) is 4.67. The monoisotopic (exact) mass is 394 g/mol. The average Bonchev–Trinajstić information content (AvgIpc) is 2.71. The highest BCUT2D eigenvalue weighted by molar-refractivity contribution is 6.30. The number of halogens is 1. The van der Waals surface area contributed by atoms with E-state index in [1.54, 1.807) is 12.4 Å². The van der Waals surface area contributed by atoms with Crippen LogP contribution >= 0.6 is 11.6 Å². The SMILES string of the molecule is Cc1cc(Cl)ccc1Nc1nc(NCCC2=CCCCC2)nc2nccnc12. The van der Waals surface area contributed by atoms with Crippen molar-refractivity contribution in [1.82, 2.24) is 19.9 Å². The summed E-state index contributed by atoms with van der Waals surface area (Å²) in [4.78, 5) is 17.9. The van der Waals surface area contributed by atoms with Crippen LogP contribution in [0.2, 0.25) is 5.02 Å². The van der Waals surface area contributed by atoms with E-state index in [1.807, 2.05) is 25.1 Å². The summed E-state index contributed by atoms with van der Waals surface area (Å²) in [6, 6.07) is 5.70. The number of allylic oxidation sites excluding steroid dienone is 1. The molecule has 0 fully saturated rings. The number of aryl methyl sites for hydroxylation is 1. The lowest BCUT2D eigenvalue weighted by molar-refractivity contribution is 0.679. The second kappa shape index (κ2) is 8.52. The van der Waals surface area contributed by atoms with Crippen LogP contribution in [0.15, 0.2) is 42.2 Å². The van der Waals surface area contributed by atoms with Gasteiger partial charge in [-0.15, -0.1) is 0 Å². The van der Waals surface area contributed by atoms with Crippen LogP contribution in [0.5, 0.6) is 0 Å². The molecular weight excluding hydrogens is 372 g/mol. The Hall–Kier alpha value is -2.73. The number of hydrogen-bond acceptors (Lipinski definition) is 6. The molecule has 0 saturated carbocycles. The van der Waals surface area contributed by atoms with Gasteiger partial charge in [0, 0.05) is 29.6 Å². The molecule has 0 bridgehead atoms. The van der Waals surface area contributed by atoms with Crippen LogP contribution < -0.4 is 10.6 Å². The summed E-state index contributed by atoms with van der Waals surface area (Å²) in [6.07, 6.45) is 11.7. The van der Waals surface area contributed by atoms with E-state index >= 15 is 0 Å². The van der Waals surface area contributed by atoms with Crippen molar-refractivity contribution in [3.05, 3.63) is 52.8 Å². The molecule has 0 saturated heterocycles. The topological polar surface area (TPSA) is 75.6 Å². The van der Waals surface area contributed by atoms with Crippen LogP contribution in [0.3, 0.4) is 0 Å². The molecule has 1 aromatic carbocycles. The number of fused-ring (bicyclic) bond motifs is 1. The van der Waals surface area contributed by atoms with Gasteiger partial charge in [-0.25, -0.2) is 9.97 Å². The molecule has 28 heavy (non-hydrogen) atoms. The molecule has 2 aromatic heterocycles. The number of anilines is 3. The molecule has 3 aromatic rings. The van der Waals surface area contributed by atoms with Gasteiger partial charge in [-0.3, -0.25) is 0 Å². The fraction of sp³-hybridized carbons (Fsp3) is 0.333. The zero-order valence-electron chi connectivity index (χ0n) is 15.9. The number of nitrogens with zero attached hydrogens (tertiary/aromatic N) is 4. The first-order valence-electron chi connectivity index (χ1n) is 9.63. The van der Waals surface area contributed by atoms with Crippen LogP contribution in [-0.2, 0) is 0 Å². The van der Waals surface area contributed by atoms with Gasteiger partial charge in [0.1, 0.15) is 0 Å². The van der Waals surface area contributed by atoms with Crippen molar-refractivity contribution >= 4 is 40.2 Å². The van der Waals surface area contributed by atoms with Crippen LogP contribution in [0.25, 0.3) is 11.2 Å². The molecule has 4 rings (SSSR count). The van der Waals surface area contributed by atoms with Crippen molar-refractivity contribution in [3.63, 3.8) is 0 Å². The van der Waals surface area contributed by atoms with Crippen molar-refractivity contribution in [3.8, 4) is 0 Å². The van der Waals surface area contributed by atoms with E-state index in [9.17, 15) is 0 Å². The summed E-state index contributed by atoms with van der Waals surface area (Å²) in [5.74, 6) is 1.18. The Balaban J connectivity index is 1.57. The van der Waals surface area contributed by atoms with E-state index < -0.39 is 0 Å². The van der Waals surface area contributed by atoms with Gasteiger partial charge in [-0.05, 0) is 62.8 Å². The maximum atomic E-state index is 6.07. The van der Waals surface area contributed by atoms with Gasteiger partial charge in [0.15, 0.2) is 17.0 Å². The molecule has 0 amide bonds. The molecule has 1 aliphatic rings. The quantitative estimate of drug-likeness (QED) is 0.543. The van der Waals surface area contributed by atoms with Gasteiger partial charge in [-0.1, -0.05) is 23.3 Å². The van der Waals surface area contributed by atoms with Crippen molar-refractivity contribution in [1.29, 1.82) is 0 Å². The van der Waals surface area contributed by atoms with Gasteiger partial charge in [0.05, 0.1) is 0 Å². The predicted molar refractivity (Wildman–Crippen MR) is 114 cm³/mol. The van der Waals surface area contributed by atoms with Crippen LogP contribution in [0.4, 0.5) is 17.5 Å². The number of nitrogens with one attached hydrogen (secondary N) is 2.